The van der Waals surface area contributed by atoms with Crippen LogP contribution in [-0.2, 0) is 0 Å². The van der Waals surface area contributed by atoms with Crippen LogP contribution in [0.2, 0.25) is 0 Å². The van der Waals surface area contributed by atoms with E-state index in [1.54, 1.807) is 0 Å². The smallest absolute Gasteiger partial charge is 0.185 e. The molecule has 12 heavy (non-hydrogen) atoms. The average Bonchev–Trinajstić information content (AvgIpc) is 2.03. The van der Waals surface area contributed by atoms with Crippen molar-refractivity contribution in [3.63, 3.8) is 0 Å². The van der Waals surface area contributed by atoms with E-state index in [-0.39, 0.29) is 0 Å². The average molecular weight is 168 g/mol. The van der Waals surface area contributed by atoms with Crippen LogP contribution < -0.4 is 0 Å². The number of nitrogens with zero attached hydrogens (tertiary/aromatic N) is 2. The summed E-state index contributed by atoms with van der Waals surface area (Å²) >= 11 is 0. The first-order chi connectivity index (χ1) is 5.70. The Morgan fingerprint density at radius 3 is 2.83 bits per heavy atom. The third kappa shape index (κ3) is 3.15. The van der Waals surface area contributed by atoms with Gasteiger partial charge >= 0.3 is 0 Å². The van der Waals surface area contributed by atoms with Crippen LogP contribution in [0.4, 0.5) is 0 Å². The lowest BCUT2D eigenvalue weighted by Crippen LogP contribution is -2.38. The van der Waals surface area contributed by atoms with E-state index >= 15 is 0 Å². The van der Waals surface area contributed by atoms with E-state index in [4.69, 9.17) is 0 Å². The molecule has 0 aromatic rings. The van der Waals surface area contributed by atoms with Crippen LogP contribution in [0.15, 0.2) is 0 Å². The molecule has 1 fully saturated rings. The normalized spacial score (nSPS) is 26.4. The molecule has 1 heterocycles. The minimum absolute atomic E-state index is 0.848. The Kier molecular flexibility index (Phi) is 4.09. The van der Waals surface area contributed by atoms with Crippen LogP contribution in [0.25, 0.3) is 0 Å². The molecule has 2 nitrogen and oxygen atoms in total. The number of hydrogen-bond donors (Lipinski definition) is 0. The number of hydrogen-bond acceptors (Lipinski definition) is 2. The first-order valence-corrected chi connectivity index (χ1v) is 5.05. The molecule has 1 saturated heterocycles. The van der Waals surface area contributed by atoms with Crippen molar-refractivity contribution in [1.29, 1.82) is 0 Å². The van der Waals surface area contributed by atoms with Gasteiger partial charge in [0.2, 0.25) is 0 Å². The Balaban J connectivity index is 2.20. The second-order valence-corrected chi connectivity index (χ2v) is 4.22. The molecule has 0 spiro atoms. The van der Waals surface area contributed by atoms with Crippen molar-refractivity contribution < 1.29 is 0 Å². The Labute approximate surface area is 77.3 Å². The molecule has 0 radical (unpaired) electrons. The fraction of sp³-hybridized carbons (Fsp3) is 1.00. The van der Waals surface area contributed by atoms with Crippen molar-refractivity contribution in [1.82, 2.24) is 9.71 Å². The Morgan fingerprint density at radius 1 is 1.50 bits per heavy atom. The Hall–Kier alpha value is -0.0151. The van der Waals surface area contributed by atoms with Crippen LogP contribution in [-0.4, -0.2) is 50.9 Å². The number of piperidine rings is 1. The lowest BCUT2D eigenvalue weighted by Gasteiger charge is -2.33. The van der Waals surface area contributed by atoms with E-state index < -0.39 is 0 Å². The predicted molar refractivity (Wildman–Crippen MR) is 56.1 cm³/mol. The highest BCUT2D eigenvalue weighted by Gasteiger charge is 2.17. The van der Waals surface area contributed by atoms with Crippen LogP contribution >= 0.6 is 0 Å². The third-order valence-corrected chi connectivity index (χ3v) is 2.83. The first-order valence-electron chi connectivity index (χ1n) is 5.05. The number of likely N-dealkylation sites (tertiary alicyclic amines) is 1. The monoisotopic (exact) mass is 168 g/mol. The molecule has 0 aromatic carbocycles. The third-order valence-electron chi connectivity index (χ3n) is 2.83. The van der Waals surface area contributed by atoms with Gasteiger partial charge in [0.05, 0.1) is 0 Å². The van der Waals surface area contributed by atoms with E-state index in [1.807, 2.05) is 0 Å². The lowest BCUT2D eigenvalue weighted by atomic mass is 10.00. The fourth-order valence-electron chi connectivity index (χ4n) is 1.92. The van der Waals surface area contributed by atoms with Gasteiger partial charge in [0.25, 0.3) is 0 Å². The summed E-state index contributed by atoms with van der Waals surface area (Å²) in [5.41, 5.74) is 0. The van der Waals surface area contributed by atoms with Crippen molar-refractivity contribution in [2.75, 3.05) is 27.2 Å². The van der Waals surface area contributed by atoms with Gasteiger partial charge in [-0.15, -0.1) is 0 Å². The molecule has 0 amide bonds. The van der Waals surface area contributed by atoms with Gasteiger partial charge in [-0.1, -0.05) is 6.42 Å². The summed E-state index contributed by atoms with van der Waals surface area (Å²) in [7, 11) is 6.57. The van der Waals surface area contributed by atoms with Gasteiger partial charge in [-0.3, -0.25) is 0 Å². The standard InChI is InChI=1S/C9H21BN2/c1-11-7-4-3-5-9(11)6-8-12(2)10/h9H,3-8,10H2,1-2H3. The molecule has 3 heteroatoms. The fourth-order valence-corrected chi connectivity index (χ4v) is 1.92. The lowest BCUT2D eigenvalue weighted by molar-refractivity contribution is 0.171. The molecule has 0 aliphatic carbocycles. The summed E-state index contributed by atoms with van der Waals surface area (Å²) in [6, 6.07) is 0.848. The molecule has 1 aliphatic heterocycles. The topological polar surface area (TPSA) is 6.48 Å². The minimum atomic E-state index is 0.848. The molecule has 1 rings (SSSR count). The Bertz CT molecular complexity index is 128. The molecule has 0 bridgehead atoms. The van der Waals surface area contributed by atoms with Crippen molar-refractivity contribution >= 4 is 7.98 Å². The van der Waals surface area contributed by atoms with Gasteiger partial charge in [-0.2, -0.15) is 0 Å². The van der Waals surface area contributed by atoms with E-state index in [0.717, 1.165) is 6.04 Å². The SMILES string of the molecule is BN(C)CCC1CCCCN1C. The maximum Gasteiger partial charge on any atom is 0.185 e. The summed E-state index contributed by atoms with van der Waals surface area (Å²) < 4.78 is 0. The number of rotatable bonds is 3. The first kappa shape index (κ1) is 10.1. The highest BCUT2D eigenvalue weighted by atomic mass is 15.1. The van der Waals surface area contributed by atoms with Crippen LogP contribution in [0.3, 0.4) is 0 Å². The zero-order chi connectivity index (χ0) is 8.97. The maximum atomic E-state index is 2.52. The van der Waals surface area contributed by atoms with Crippen LogP contribution in [0.5, 0.6) is 0 Å². The Morgan fingerprint density at radius 2 is 2.25 bits per heavy atom. The molecule has 1 unspecified atom stereocenters. The van der Waals surface area contributed by atoms with Gasteiger partial charge in [0.1, 0.15) is 0 Å². The van der Waals surface area contributed by atoms with Crippen molar-refractivity contribution in [3.05, 3.63) is 0 Å². The largest absolute Gasteiger partial charge is 0.351 e. The summed E-state index contributed by atoms with van der Waals surface area (Å²) in [6.45, 7) is 2.53. The van der Waals surface area contributed by atoms with Crippen molar-refractivity contribution in [2.24, 2.45) is 0 Å². The van der Waals surface area contributed by atoms with Gasteiger partial charge in [0, 0.05) is 6.04 Å². The molecule has 1 atom stereocenters. The summed E-state index contributed by atoms with van der Waals surface area (Å²) in [5, 5.41) is 0. The summed E-state index contributed by atoms with van der Waals surface area (Å²) in [5.74, 6) is 0. The van der Waals surface area contributed by atoms with E-state index in [2.05, 4.69) is 31.8 Å². The van der Waals surface area contributed by atoms with Crippen molar-refractivity contribution in [3.8, 4) is 0 Å². The van der Waals surface area contributed by atoms with Crippen LogP contribution in [0.1, 0.15) is 25.7 Å². The van der Waals surface area contributed by atoms with E-state index in [9.17, 15) is 0 Å². The zero-order valence-corrected chi connectivity index (χ0v) is 8.71. The molecular formula is C9H21BN2. The molecule has 0 N–H and O–H groups in total. The van der Waals surface area contributed by atoms with Gasteiger partial charge in [-0.25, -0.2) is 0 Å². The second-order valence-electron chi connectivity index (χ2n) is 4.22. The quantitative estimate of drug-likeness (QED) is 0.560. The van der Waals surface area contributed by atoms with Gasteiger partial charge in [-0.05, 0) is 46.4 Å². The molecule has 0 aromatic heterocycles. The van der Waals surface area contributed by atoms with Crippen LogP contribution in [0, 0.1) is 0 Å². The van der Waals surface area contributed by atoms with Gasteiger partial charge < -0.3 is 9.71 Å². The maximum absolute atomic E-state index is 2.52. The molecular weight excluding hydrogens is 147 g/mol. The molecule has 1 aliphatic rings. The summed E-state index contributed by atoms with van der Waals surface area (Å²) in [4.78, 5) is 4.80. The van der Waals surface area contributed by atoms with Gasteiger partial charge in [0.15, 0.2) is 7.98 Å². The van der Waals surface area contributed by atoms with Crippen molar-refractivity contribution in [2.45, 2.75) is 31.7 Å². The highest BCUT2D eigenvalue weighted by molar-refractivity contribution is 6.04. The molecule has 70 valence electrons. The summed E-state index contributed by atoms with van der Waals surface area (Å²) in [6.07, 6.45) is 5.57. The molecule has 0 saturated carbocycles. The van der Waals surface area contributed by atoms with E-state index in [1.165, 1.54) is 38.8 Å². The van der Waals surface area contributed by atoms with E-state index in [0.29, 0.717) is 0 Å². The highest BCUT2D eigenvalue weighted by Crippen LogP contribution is 2.17. The zero-order valence-electron chi connectivity index (χ0n) is 8.71. The second kappa shape index (κ2) is 4.88. The minimum Gasteiger partial charge on any atom is -0.351 e. The predicted octanol–water partition coefficient (Wildman–Crippen LogP) is 0.341.